The first-order chi connectivity index (χ1) is 8.29. The molecule has 0 bridgehead atoms. The summed E-state index contributed by atoms with van der Waals surface area (Å²) in [4.78, 5) is 18.3. The number of carboxylic acids is 1. The lowest BCUT2D eigenvalue weighted by atomic mass is 10.2. The number of hydrogen-bond donors (Lipinski definition) is 1. The minimum absolute atomic E-state index is 0.0324. The number of hydrogen-bond acceptors (Lipinski definition) is 4. The van der Waals surface area contributed by atoms with Gasteiger partial charge in [0.05, 0.1) is 17.9 Å². The standard InChI is InChI=1S/C10H11F3N2O3/c1-6-7(9(16)17)4-14-8(15-6)2-3-18-5-10(11,12)13/h4H,2-3,5H2,1H3,(H,16,17). The van der Waals surface area contributed by atoms with Crippen LogP contribution in [0, 0.1) is 6.92 Å². The first-order valence-electron chi connectivity index (χ1n) is 5.00. The number of aromatic carboxylic acids is 1. The predicted molar refractivity (Wildman–Crippen MR) is 54.3 cm³/mol. The lowest BCUT2D eigenvalue weighted by Gasteiger charge is -2.07. The number of carbonyl (C=O) groups is 1. The lowest BCUT2D eigenvalue weighted by Crippen LogP contribution is -2.18. The number of ether oxygens (including phenoxy) is 1. The molecule has 0 saturated heterocycles. The first-order valence-corrected chi connectivity index (χ1v) is 5.00. The van der Waals surface area contributed by atoms with E-state index < -0.39 is 18.8 Å². The van der Waals surface area contributed by atoms with Gasteiger partial charge in [-0.25, -0.2) is 14.8 Å². The summed E-state index contributed by atoms with van der Waals surface area (Å²) in [5.74, 6) is -0.896. The number of alkyl halides is 3. The van der Waals surface area contributed by atoms with Gasteiger partial charge in [-0.1, -0.05) is 0 Å². The molecule has 18 heavy (non-hydrogen) atoms. The Kier molecular flexibility index (Phi) is 4.60. The first kappa shape index (κ1) is 14.4. The number of nitrogens with zero attached hydrogens (tertiary/aromatic N) is 2. The van der Waals surface area contributed by atoms with Gasteiger partial charge in [-0.3, -0.25) is 0 Å². The normalized spacial score (nSPS) is 11.6. The summed E-state index contributed by atoms with van der Waals surface area (Å²) in [6, 6.07) is 0. The molecule has 1 heterocycles. The molecule has 0 fully saturated rings. The molecule has 0 spiro atoms. The maximum atomic E-state index is 11.8. The molecular weight excluding hydrogens is 253 g/mol. The van der Waals surface area contributed by atoms with E-state index >= 15 is 0 Å². The van der Waals surface area contributed by atoms with Gasteiger partial charge >= 0.3 is 12.1 Å². The Morgan fingerprint density at radius 3 is 2.67 bits per heavy atom. The van der Waals surface area contributed by atoms with E-state index in [4.69, 9.17) is 5.11 Å². The molecule has 0 aliphatic heterocycles. The van der Waals surface area contributed by atoms with Crippen LogP contribution >= 0.6 is 0 Å². The Morgan fingerprint density at radius 2 is 2.17 bits per heavy atom. The van der Waals surface area contributed by atoms with Crippen molar-refractivity contribution in [1.29, 1.82) is 0 Å². The quantitative estimate of drug-likeness (QED) is 0.818. The molecule has 1 aromatic rings. The topological polar surface area (TPSA) is 72.3 Å². The summed E-state index contributed by atoms with van der Waals surface area (Å²) in [5, 5.41) is 8.73. The van der Waals surface area contributed by atoms with Crippen LogP contribution in [0.25, 0.3) is 0 Å². The molecular formula is C10H11F3N2O3. The molecule has 1 rings (SSSR count). The second-order valence-electron chi connectivity index (χ2n) is 3.51. The van der Waals surface area contributed by atoms with Crippen molar-refractivity contribution in [2.24, 2.45) is 0 Å². The van der Waals surface area contributed by atoms with Crippen molar-refractivity contribution in [3.05, 3.63) is 23.3 Å². The Hall–Kier alpha value is -1.70. The second kappa shape index (κ2) is 5.76. The number of aromatic nitrogens is 2. The van der Waals surface area contributed by atoms with Gasteiger partial charge in [-0.15, -0.1) is 0 Å². The average molecular weight is 264 g/mol. The Balaban J connectivity index is 2.49. The van der Waals surface area contributed by atoms with Crippen LogP contribution in [0.3, 0.4) is 0 Å². The molecule has 0 saturated carbocycles. The van der Waals surface area contributed by atoms with Gasteiger partial charge in [0.15, 0.2) is 0 Å². The summed E-state index contributed by atoms with van der Waals surface area (Å²) in [7, 11) is 0. The number of aryl methyl sites for hydroxylation is 1. The fourth-order valence-corrected chi connectivity index (χ4v) is 1.20. The summed E-state index contributed by atoms with van der Waals surface area (Å²) >= 11 is 0. The monoisotopic (exact) mass is 264 g/mol. The summed E-state index contributed by atoms with van der Waals surface area (Å²) < 4.78 is 39.7. The van der Waals surface area contributed by atoms with Gasteiger partial charge in [0.1, 0.15) is 12.4 Å². The van der Waals surface area contributed by atoms with Crippen molar-refractivity contribution in [2.45, 2.75) is 19.5 Å². The maximum Gasteiger partial charge on any atom is 0.411 e. The van der Waals surface area contributed by atoms with Crippen molar-refractivity contribution < 1.29 is 27.8 Å². The Labute approximate surface area is 101 Å². The van der Waals surface area contributed by atoms with Crippen LogP contribution in [0.2, 0.25) is 0 Å². The highest BCUT2D eigenvalue weighted by Crippen LogP contribution is 2.14. The van der Waals surface area contributed by atoms with Crippen molar-refractivity contribution >= 4 is 5.97 Å². The van der Waals surface area contributed by atoms with Crippen LogP contribution in [0.15, 0.2) is 6.20 Å². The average Bonchev–Trinajstić information content (AvgIpc) is 2.22. The molecule has 100 valence electrons. The van der Waals surface area contributed by atoms with Crippen LogP contribution in [0.1, 0.15) is 21.9 Å². The summed E-state index contributed by atoms with van der Waals surface area (Å²) in [5.41, 5.74) is 0.235. The van der Waals surface area contributed by atoms with Gasteiger partial charge in [0.2, 0.25) is 0 Å². The Bertz CT molecular complexity index is 435. The van der Waals surface area contributed by atoms with Crippen molar-refractivity contribution in [3.63, 3.8) is 0 Å². The zero-order chi connectivity index (χ0) is 13.8. The predicted octanol–water partition coefficient (Wildman–Crippen LogP) is 1.60. The molecule has 0 amide bonds. The zero-order valence-corrected chi connectivity index (χ0v) is 9.49. The minimum atomic E-state index is -4.36. The Morgan fingerprint density at radius 1 is 1.50 bits per heavy atom. The van der Waals surface area contributed by atoms with Crippen LogP contribution in [-0.4, -0.2) is 40.4 Å². The second-order valence-corrected chi connectivity index (χ2v) is 3.51. The van der Waals surface area contributed by atoms with E-state index in [-0.39, 0.29) is 30.1 Å². The smallest absolute Gasteiger partial charge is 0.411 e. The van der Waals surface area contributed by atoms with Gasteiger partial charge in [-0.2, -0.15) is 13.2 Å². The van der Waals surface area contributed by atoms with E-state index in [1.165, 1.54) is 6.92 Å². The fraction of sp³-hybridized carbons (Fsp3) is 0.500. The van der Waals surface area contributed by atoms with E-state index in [1.54, 1.807) is 0 Å². The van der Waals surface area contributed by atoms with Crippen LogP contribution < -0.4 is 0 Å². The lowest BCUT2D eigenvalue weighted by molar-refractivity contribution is -0.173. The van der Waals surface area contributed by atoms with Crippen LogP contribution in [0.5, 0.6) is 0 Å². The van der Waals surface area contributed by atoms with E-state index in [9.17, 15) is 18.0 Å². The third kappa shape index (κ3) is 4.66. The molecule has 0 radical (unpaired) electrons. The zero-order valence-electron chi connectivity index (χ0n) is 9.49. The molecule has 1 aromatic heterocycles. The number of carboxylic acid groups (broad SMARTS) is 1. The van der Waals surface area contributed by atoms with Crippen molar-refractivity contribution in [1.82, 2.24) is 9.97 Å². The molecule has 0 aliphatic carbocycles. The largest absolute Gasteiger partial charge is 0.478 e. The highest BCUT2D eigenvalue weighted by Gasteiger charge is 2.27. The minimum Gasteiger partial charge on any atom is -0.478 e. The van der Waals surface area contributed by atoms with E-state index in [0.29, 0.717) is 0 Å². The molecule has 1 N–H and O–H groups in total. The van der Waals surface area contributed by atoms with Gasteiger partial charge in [0, 0.05) is 12.6 Å². The maximum absolute atomic E-state index is 11.8. The van der Waals surface area contributed by atoms with Gasteiger partial charge in [-0.05, 0) is 6.92 Å². The third-order valence-corrected chi connectivity index (χ3v) is 2.00. The highest BCUT2D eigenvalue weighted by atomic mass is 19.4. The van der Waals surface area contributed by atoms with E-state index in [0.717, 1.165) is 6.20 Å². The summed E-state index contributed by atoms with van der Waals surface area (Å²) in [6.45, 7) is -0.00420. The number of halogens is 3. The molecule has 0 aromatic carbocycles. The summed E-state index contributed by atoms with van der Waals surface area (Å²) in [6.07, 6.45) is -3.13. The van der Waals surface area contributed by atoms with Crippen molar-refractivity contribution in [3.8, 4) is 0 Å². The fourth-order valence-electron chi connectivity index (χ4n) is 1.20. The molecule has 0 atom stereocenters. The van der Waals surface area contributed by atoms with E-state index in [1.807, 2.05) is 0 Å². The molecule has 5 nitrogen and oxygen atoms in total. The van der Waals surface area contributed by atoms with Gasteiger partial charge < -0.3 is 9.84 Å². The molecule has 0 unspecified atom stereocenters. The van der Waals surface area contributed by atoms with Crippen LogP contribution in [-0.2, 0) is 11.2 Å². The van der Waals surface area contributed by atoms with Crippen molar-refractivity contribution in [2.75, 3.05) is 13.2 Å². The SMILES string of the molecule is Cc1nc(CCOCC(F)(F)F)ncc1C(=O)O. The number of rotatable bonds is 5. The van der Waals surface area contributed by atoms with Crippen LogP contribution in [0.4, 0.5) is 13.2 Å². The third-order valence-electron chi connectivity index (χ3n) is 2.00. The van der Waals surface area contributed by atoms with Gasteiger partial charge in [0.25, 0.3) is 0 Å². The molecule has 0 aliphatic rings. The highest BCUT2D eigenvalue weighted by molar-refractivity contribution is 5.88. The van der Waals surface area contributed by atoms with E-state index in [2.05, 4.69) is 14.7 Å². The molecule has 8 heteroatoms.